The molecule has 0 fully saturated rings. The first-order chi connectivity index (χ1) is 7.75. The Morgan fingerprint density at radius 2 is 1.71 bits per heavy atom. The number of aliphatic carboxylic acids is 1. The molecular formula is C13H17NO3. The van der Waals surface area contributed by atoms with Crippen molar-refractivity contribution < 1.29 is 14.7 Å². The molecule has 4 heteroatoms. The Kier molecular flexibility index (Phi) is 3.56. The number of rotatable bonds is 1. The lowest BCUT2D eigenvalue weighted by Gasteiger charge is -2.26. The summed E-state index contributed by atoms with van der Waals surface area (Å²) in [5.74, 6) is -2.38. The first-order valence-electron chi connectivity index (χ1n) is 5.35. The van der Waals surface area contributed by atoms with Gasteiger partial charge in [0.2, 0.25) is 0 Å². The van der Waals surface area contributed by atoms with Gasteiger partial charge in [0.25, 0.3) is 0 Å². The molecule has 1 aromatic rings. The standard InChI is InChI=1S/C13H17NO3/c1-13(2,3)9-7-5-6-8-10(9)14(4)11(15)12(16)17/h5-8H,1-4H3,(H,16,17). The van der Waals surface area contributed by atoms with E-state index in [0.29, 0.717) is 5.69 Å². The fourth-order valence-corrected chi connectivity index (χ4v) is 1.65. The highest BCUT2D eigenvalue weighted by Crippen LogP contribution is 2.31. The van der Waals surface area contributed by atoms with Crippen LogP contribution in [0.3, 0.4) is 0 Å². The molecule has 0 aliphatic heterocycles. The van der Waals surface area contributed by atoms with Crippen LogP contribution in [0.2, 0.25) is 0 Å². The lowest BCUT2D eigenvalue weighted by atomic mass is 9.85. The van der Waals surface area contributed by atoms with Crippen LogP contribution in [0.25, 0.3) is 0 Å². The Balaban J connectivity index is 3.23. The molecule has 92 valence electrons. The largest absolute Gasteiger partial charge is 0.474 e. The van der Waals surface area contributed by atoms with Gasteiger partial charge in [-0.3, -0.25) is 4.79 Å². The number of para-hydroxylation sites is 1. The zero-order chi connectivity index (χ0) is 13.2. The first-order valence-corrected chi connectivity index (χ1v) is 5.35. The number of anilines is 1. The number of carbonyl (C=O) groups excluding carboxylic acids is 1. The van der Waals surface area contributed by atoms with Gasteiger partial charge in [0, 0.05) is 12.7 Å². The smallest absolute Gasteiger partial charge is 0.394 e. The van der Waals surface area contributed by atoms with Crippen molar-refractivity contribution in [1.29, 1.82) is 0 Å². The molecule has 0 bridgehead atoms. The third-order valence-electron chi connectivity index (χ3n) is 2.56. The number of benzene rings is 1. The van der Waals surface area contributed by atoms with E-state index in [1.165, 1.54) is 11.9 Å². The van der Waals surface area contributed by atoms with Gasteiger partial charge < -0.3 is 10.0 Å². The zero-order valence-electron chi connectivity index (χ0n) is 10.5. The average Bonchev–Trinajstić information content (AvgIpc) is 2.25. The van der Waals surface area contributed by atoms with Gasteiger partial charge >= 0.3 is 11.9 Å². The van der Waals surface area contributed by atoms with E-state index in [-0.39, 0.29) is 5.41 Å². The SMILES string of the molecule is CN(C(=O)C(=O)O)c1ccccc1C(C)(C)C. The Bertz CT molecular complexity index is 446. The molecule has 0 heterocycles. The monoisotopic (exact) mass is 235 g/mol. The normalized spacial score (nSPS) is 11.1. The van der Waals surface area contributed by atoms with E-state index in [9.17, 15) is 9.59 Å². The molecule has 0 unspecified atom stereocenters. The first kappa shape index (κ1) is 13.2. The van der Waals surface area contributed by atoms with Crippen LogP contribution < -0.4 is 4.90 Å². The van der Waals surface area contributed by atoms with Crippen LogP contribution in [-0.2, 0) is 15.0 Å². The number of amides is 1. The molecule has 0 aliphatic rings. The van der Waals surface area contributed by atoms with Crippen LogP contribution in [0.1, 0.15) is 26.3 Å². The lowest BCUT2D eigenvalue weighted by Crippen LogP contribution is -2.34. The second-order valence-electron chi connectivity index (χ2n) is 4.94. The topological polar surface area (TPSA) is 57.6 Å². The van der Waals surface area contributed by atoms with Crippen molar-refractivity contribution in [3.8, 4) is 0 Å². The molecular weight excluding hydrogens is 218 g/mol. The van der Waals surface area contributed by atoms with Gasteiger partial charge in [0.05, 0.1) is 0 Å². The van der Waals surface area contributed by atoms with Crippen molar-refractivity contribution in [3.05, 3.63) is 29.8 Å². The number of carbonyl (C=O) groups is 2. The molecule has 1 N–H and O–H groups in total. The van der Waals surface area contributed by atoms with Crippen molar-refractivity contribution in [3.63, 3.8) is 0 Å². The maximum Gasteiger partial charge on any atom is 0.394 e. The third-order valence-corrected chi connectivity index (χ3v) is 2.56. The summed E-state index contributed by atoms with van der Waals surface area (Å²) in [5, 5.41) is 8.72. The molecule has 4 nitrogen and oxygen atoms in total. The molecule has 0 saturated heterocycles. The average molecular weight is 235 g/mol. The highest BCUT2D eigenvalue weighted by Gasteiger charge is 2.24. The number of hydrogen-bond donors (Lipinski definition) is 1. The summed E-state index contributed by atoms with van der Waals surface area (Å²) in [6.07, 6.45) is 0. The number of likely N-dealkylation sites (N-methyl/N-ethyl adjacent to an activating group) is 1. The van der Waals surface area contributed by atoms with Crippen LogP contribution in [0.4, 0.5) is 5.69 Å². The Labute approximate surface area is 101 Å². The zero-order valence-corrected chi connectivity index (χ0v) is 10.5. The van der Waals surface area contributed by atoms with E-state index in [4.69, 9.17) is 5.11 Å². The van der Waals surface area contributed by atoms with Gasteiger partial charge in [-0.15, -0.1) is 0 Å². The van der Waals surface area contributed by atoms with Gasteiger partial charge in [-0.1, -0.05) is 39.0 Å². The maximum absolute atomic E-state index is 11.4. The molecule has 17 heavy (non-hydrogen) atoms. The molecule has 0 spiro atoms. The molecule has 0 radical (unpaired) electrons. The summed E-state index contributed by atoms with van der Waals surface area (Å²) >= 11 is 0. The fraction of sp³-hybridized carbons (Fsp3) is 0.385. The lowest BCUT2D eigenvalue weighted by molar-refractivity contribution is -0.148. The van der Waals surface area contributed by atoms with Crippen molar-refractivity contribution >= 4 is 17.6 Å². The Hall–Kier alpha value is -1.84. The van der Waals surface area contributed by atoms with Gasteiger partial charge in [0.15, 0.2) is 0 Å². The minimum atomic E-state index is -1.45. The van der Waals surface area contributed by atoms with Crippen molar-refractivity contribution in [2.45, 2.75) is 26.2 Å². The predicted octanol–water partition coefficient (Wildman–Crippen LogP) is 2.03. The quantitative estimate of drug-likeness (QED) is 0.758. The molecule has 0 aromatic heterocycles. The Morgan fingerprint density at radius 3 is 2.18 bits per heavy atom. The second kappa shape index (κ2) is 4.57. The maximum atomic E-state index is 11.4. The van der Waals surface area contributed by atoms with Crippen LogP contribution in [0.5, 0.6) is 0 Å². The van der Waals surface area contributed by atoms with Gasteiger partial charge in [-0.25, -0.2) is 4.79 Å². The summed E-state index contributed by atoms with van der Waals surface area (Å²) in [5.41, 5.74) is 1.42. The number of hydrogen-bond acceptors (Lipinski definition) is 2. The molecule has 1 aromatic carbocycles. The van der Waals surface area contributed by atoms with Gasteiger partial charge in [-0.05, 0) is 17.0 Å². The van der Waals surface area contributed by atoms with Crippen molar-refractivity contribution in [1.82, 2.24) is 0 Å². The van der Waals surface area contributed by atoms with Crippen LogP contribution >= 0.6 is 0 Å². The van der Waals surface area contributed by atoms with E-state index in [1.807, 2.05) is 32.9 Å². The summed E-state index contributed by atoms with van der Waals surface area (Å²) in [6.45, 7) is 6.06. The van der Waals surface area contributed by atoms with E-state index < -0.39 is 11.9 Å². The molecule has 1 rings (SSSR count). The summed E-state index contributed by atoms with van der Waals surface area (Å²) < 4.78 is 0. The molecule has 0 atom stereocenters. The fourth-order valence-electron chi connectivity index (χ4n) is 1.65. The highest BCUT2D eigenvalue weighted by molar-refractivity contribution is 6.37. The van der Waals surface area contributed by atoms with Crippen LogP contribution in [-0.4, -0.2) is 24.0 Å². The summed E-state index contributed by atoms with van der Waals surface area (Å²) in [4.78, 5) is 23.3. The number of carboxylic acid groups (broad SMARTS) is 1. The van der Waals surface area contributed by atoms with Gasteiger partial charge in [-0.2, -0.15) is 0 Å². The van der Waals surface area contributed by atoms with E-state index in [2.05, 4.69) is 0 Å². The number of nitrogens with zero attached hydrogens (tertiary/aromatic N) is 1. The predicted molar refractivity (Wildman–Crippen MR) is 66.2 cm³/mol. The van der Waals surface area contributed by atoms with Crippen LogP contribution in [0, 0.1) is 0 Å². The molecule has 1 amide bonds. The van der Waals surface area contributed by atoms with Crippen LogP contribution in [0.15, 0.2) is 24.3 Å². The third kappa shape index (κ3) is 2.84. The summed E-state index contributed by atoms with van der Waals surface area (Å²) in [6, 6.07) is 7.32. The minimum absolute atomic E-state index is 0.149. The minimum Gasteiger partial charge on any atom is -0.474 e. The number of carboxylic acids is 1. The van der Waals surface area contributed by atoms with E-state index in [1.54, 1.807) is 12.1 Å². The van der Waals surface area contributed by atoms with Crippen molar-refractivity contribution in [2.24, 2.45) is 0 Å². The molecule has 0 saturated carbocycles. The summed E-state index contributed by atoms with van der Waals surface area (Å²) in [7, 11) is 1.47. The molecule has 0 aliphatic carbocycles. The van der Waals surface area contributed by atoms with E-state index in [0.717, 1.165) is 5.56 Å². The Morgan fingerprint density at radius 1 is 1.18 bits per heavy atom. The van der Waals surface area contributed by atoms with E-state index >= 15 is 0 Å². The second-order valence-corrected chi connectivity index (χ2v) is 4.94. The van der Waals surface area contributed by atoms with Crippen molar-refractivity contribution in [2.75, 3.05) is 11.9 Å². The highest BCUT2D eigenvalue weighted by atomic mass is 16.4. The van der Waals surface area contributed by atoms with Gasteiger partial charge in [0.1, 0.15) is 0 Å².